The van der Waals surface area contributed by atoms with Crippen LogP contribution in [0.5, 0.6) is 11.5 Å². The lowest BCUT2D eigenvalue weighted by molar-refractivity contribution is 0.102. The molecular formula is C20H26N2O5S. The highest BCUT2D eigenvalue weighted by Crippen LogP contribution is 2.26. The zero-order valence-electron chi connectivity index (χ0n) is 16.5. The van der Waals surface area contributed by atoms with Gasteiger partial charge in [0.2, 0.25) is 10.0 Å². The van der Waals surface area contributed by atoms with Crippen LogP contribution in [0.2, 0.25) is 0 Å². The molecule has 2 aromatic carbocycles. The average molecular weight is 407 g/mol. The summed E-state index contributed by atoms with van der Waals surface area (Å²) in [5, 5.41) is 2.75. The molecule has 0 saturated carbocycles. The molecule has 152 valence electrons. The number of ether oxygens (including phenoxy) is 2. The van der Waals surface area contributed by atoms with Crippen molar-refractivity contribution in [2.24, 2.45) is 0 Å². The Bertz CT molecular complexity index is 909. The summed E-state index contributed by atoms with van der Waals surface area (Å²) >= 11 is 0. The van der Waals surface area contributed by atoms with Crippen molar-refractivity contribution in [1.82, 2.24) is 4.72 Å². The van der Waals surface area contributed by atoms with Crippen LogP contribution in [0.25, 0.3) is 0 Å². The largest absolute Gasteiger partial charge is 0.494 e. The fraction of sp³-hybridized carbons (Fsp3) is 0.350. The summed E-state index contributed by atoms with van der Waals surface area (Å²) in [4.78, 5) is 12.5. The number of hydrogen-bond donors (Lipinski definition) is 2. The molecular weight excluding hydrogens is 380 g/mol. The third-order valence-corrected chi connectivity index (χ3v) is 5.29. The van der Waals surface area contributed by atoms with Gasteiger partial charge in [0.05, 0.1) is 13.2 Å². The fourth-order valence-electron chi connectivity index (χ4n) is 2.51. The summed E-state index contributed by atoms with van der Waals surface area (Å²) in [7, 11) is -3.82. The monoisotopic (exact) mass is 406 g/mol. The van der Waals surface area contributed by atoms with Gasteiger partial charge < -0.3 is 14.8 Å². The maximum atomic E-state index is 12.6. The van der Waals surface area contributed by atoms with Gasteiger partial charge in [0.1, 0.15) is 16.4 Å². The molecule has 2 rings (SSSR count). The number of nitrogens with one attached hydrogen (secondary N) is 2. The molecule has 0 aliphatic rings. The number of carbonyl (C=O) groups is 1. The molecule has 0 radical (unpaired) electrons. The molecule has 0 unspecified atom stereocenters. The standard InChI is InChI=1S/C20H26N2O5S/c1-5-26-17-10-8-16(9-11-17)21-20(23)15-7-12-18(27-6-2)19(13-15)28(24,25)22-14(3)4/h7-14,22H,5-6H2,1-4H3,(H,21,23). The van der Waals surface area contributed by atoms with E-state index in [1.54, 1.807) is 45.0 Å². The molecule has 0 bridgehead atoms. The molecule has 0 heterocycles. The van der Waals surface area contributed by atoms with E-state index in [0.29, 0.717) is 24.7 Å². The van der Waals surface area contributed by atoms with Crippen LogP contribution in [0.15, 0.2) is 47.4 Å². The second-order valence-electron chi connectivity index (χ2n) is 6.28. The van der Waals surface area contributed by atoms with Crippen LogP contribution in [-0.4, -0.2) is 33.6 Å². The Morgan fingerprint density at radius 2 is 1.64 bits per heavy atom. The van der Waals surface area contributed by atoms with Gasteiger partial charge in [-0.15, -0.1) is 0 Å². The second kappa shape index (κ2) is 9.57. The van der Waals surface area contributed by atoms with Crippen LogP contribution < -0.4 is 19.5 Å². The number of hydrogen-bond acceptors (Lipinski definition) is 5. The molecule has 0 spiro atoms. The maximum absolute atomic E-state index is 12.6. The average Bonchev–Trinajstić information content (AvgIpc) is 2.63. The normalized spacial score (nSPS) is 11.3. The van der Waals surface area contributed by atoms with E-state index in [4.69, 9.17) is 9.47 Å². The van der Waals surface area contributed by atoms with E-state index in [2.05, 4.69) is 10.0 Å². The van der Waals surface area contributed by atoms with Gasteiger partial charge in [0, 0.05) is 17.3 Å². The topological polar surface area (TPSA) is 93.7 Å². The van der Waals surface area contributed by atoms with Crippen molar-refractivity contribution in [3.63, 3.8) is 0 Å². The third-order valence-electron chi connectivity index (χ3n) is 3.61. The highest BCUT2D eigenvalue weighted by Gasteiger charge is 2.22. The molecule has 0 saturated heterocycles. The van der Waals surface area contributed by atoms with Crippen LogP contribution in [0.1, 0.15) is 38.1 Å². The van der Waals surface area contributed by atoms with E-state index in [-0.39, 0.29) is 22.3 Å². The SMILES string of the molecule is CCOc1ccc(NC(=O)c2ccc(OCC)c(S(=O)(=O)NC(C)C)c2)cc1. The van der Waals surface area contributed by atoms with Gasteiger partial charge in [-0.2, -0.15) is 0 Å². The molecule has 2 aromatic rings. The summed E-state index contributed by atoms with van der Waals surface area (Å²) in [6.45, 7) is 7.96. The molecule has 8 heteroatoms. The number of rotatable bonds is 9. The Hall–Kier alpha value is -2.58. The Kier molecular flexibility index (Phi) is 7.42. The van der Waals surface area contributed by atoms with Gasteiger partial charge in [-0.25, -0.2) is 13.1 Å². The first-order chi connectivity index (χ1) is 13.3. The van der Waals surface area contributed by atoms with Crippen molar-refractivity contribution in [3.05, 3.63) is 48.0 Å². The molecule has 28 heavy (non-hydrogen) atoms. The molecule has 7 nitrogen and oxygen atoms in total. The predicted octanol–water partition coefficient (Wildman–Crippen LogP) is 3.42. The maximum Gasteiger partial charge on any atom is 0.255 e. The van der Waals surface area contributed by atoms with E-state index in [9.17, 15) is 13.2 Å². The van der Waals surface area contributed by atoms with Gasteiger partial charge in [-0.05, 0) is 70.2 Å². The molecule has 1 amide bonds. The first kappa shape index (κ1) is 21.7. The van der Waals surface area contributed by atoms with Crippen LogP contribution in [-0.2, 0) is 10.0 Å². The van der Waals surface area contributed by atoms with E-state index in [0.717, 1.165) is 0 Å². The van der Waals surface area contributed by atoms with E-state index in [1.807, 2.05) is 6.92 Å². The summed E-state index contributed by atoms with van der Waals surface area (Å²) < 4.78 is 38.6. The lowest BCUT2D eigenvalue weighted by Gasteiger charge is -2.15. The van der Waals surface area contributed by atoms with E-state index < -0.39 is 15.9 Å². The summed E-state index contributed by atoms with van der Waals surface area (Å²) in [5.41, 5.74) is 0.786. The Balaban J connectivity index is 2.29. The molecule has 0 aliphatic carbocycles. The lowest BCUT2D eigenvalue weighted by Crippen LogP contribution is -2.30. The number of benzene rings is 2. The van der Waals surface area contributed by atoms with Gasteiger partial charge in [0.25, 0.3) is 5.91 Å². The number of sulfonamides is 1. The fourth-order valence-corrected chi connectivity index (χ4v) is 3.93. The van der Waals surface area contributed by atoms with E-state index >= 15 is 0 Å². The first-order valence-electron chi connectivity index (χ1n) is 9.10. The number of amides is 1. The van der Waals surface area contributed by atoms with Gasteiger partial charge in [0.15, 0.2) is 0 Å². The minimum atomic E-state index is -3.82. The van der Waals surface area contributed by atoms with Gasteiger partial charge in [-0.3, -0.25) is 4.79 Å². The first-order valence-corrected chi connectivity index (χ1v) is 10.6. The van der Waals surface area contributed by atoms with Crippen molar-refractivity contribution < 1.29 is 22.7 Å². The van der Waals surface area contributed by atoms with Crippen LogP contribution in [0.4, 0.5) is 5.69 Å². The Morgan fingerprint density at radius 3 is 2.21 bits per heavy atom. The Morgan fingerprint density at radius 1 is 1.00 bits per heavy atom. The van der Waals surface area contributed by atoms with Gasteiger partial charge in [-0.1, -0.05) is 0 Å². The minimum Gasteiger partial charge on any atom is -0.494 e. The summed E-state index contributed by atoms with van der Waals surface area (Å²) in [5.74, 6) is 0.483. The van der Waals surface area contributed by atoms with Crippen molar-refractivity contribution in [1.29, 1.82) is 0 Å². The highest BCUT2D eigenvalue weighted by atomic mass is 32.2. The molecule has 0 fully saturated rings. The summed E-state index contributed by atoms with van der Waals surface area (Å²) in [6, 6.07) is 11.0. The predicted molar refractivity (Wildman–Crippen MR) is 109 cm³/mol. The second-order valence-corrected chi connectivity index (χ2v) is 7.96. The summed E-state index contributed by atoms with van der Waals surface area (Å²) in [6.07, 6.45) is 0. The molecule has 0 atom stereocenters. The van der Waals surface area contributed by atoms with Crippen molar-refractivity contribution in [2.45, 2.75) is 38.6 Å². The highest BCUT2D eigenvalue weighted by molar-refractivity contribution is 7.89. The van der Waals surface area contributed by atoms with Crippen LogP contribution >= 0.6 is 0 Å². The van der Waals surface area contributed by atoms with Crippen molar-refractivity contribution >= 4 is 21.6 Å². The third kappa shape index (κ3) is 5.71. The van der Waals surface area contributed by atoms with Crippen LogP contribution in [0, 0.1) is 0 Å². The van der Waals surface area contributed by atoms with Crippen LogP contribution in [0.3, 0.4) is 0 Å². The zero-order valence-corrected chi connectivity index (χ0v) is 17.3. The molecule has 0 aromatic heterocycles. The number of carbonyl (C=O) groups excluding carboxylic acids is 1. The molecule has 2 N–H and O–H groups in total. The van der Waals surface area contributed by atoms with Gasteiger partial charge >= 0.3 is 0 Å². The van der Waals surface area contributed by atoms with Crippen molar-refractivity contribution in [2.75, 3.05) is 18.5 Å². The van der Waals surface area contributed by atoms with E-state index in [1.165, 1.54) is 18.2 Å². The molecule has 0 aliphatic heterocycles. The van der Waals surface area contributed by atoms with Crippen molar-refractivity contribution in [3.8, 4) is 11.5 Å². The number of anilines is 1. The Labute approximate surface area is 166 Å². The smallest absolute Gasteiger partial charge is 0.255 e. The quantitative estimate of drug-likeness (QED) is 0.665. The zero-order chi connectivity index (χ0) is 20.7. The lowest BCUT2D eigenvalue weighted by atomic mass is 10.2. The minimum absolute atomic E-state index is 0.0672.